The van der Waals surface area contributed by atoms with Crippen molar-refractivity contribution in [1.82, 2.24) is 4.98 Å². The topological polar surface area (TPSA) is 51.2 Å². The van der Waals surface area contributed by atoms with Crippen molar-refractivity contribution in [2.45, 2.75) is 6.92 Å². The van der Waals surface area contributed by atoms with Crippen LogP contribution >= 0.6 is 0 Å². The minimum Gasteiger partial charge on any atom is -0.495 e. The number of benzene rings is 1. The molecule has 0 spiro atoms. The van der Waals surface area contributed by atoms with Crippen molar-refractivity contribution in [1.29, 1.82) is 0 Å². The summed E-state index contributed by atoms with van der Waals surface area (Å²) in [5.41, 5.74) is 0.904. The minimum absolute atomic E-state index is 0.375. The summed E-state index contributed by atoms with van der Waals surface area (Å²) in [6.45, 7) is 1.87. The average molecular weight is 278 g/mol. The van der Waals surface area contributed by atoms with Crippen molar-refractivity contribution in [3.05, 3.63) is 53.4 Å². The van der Waals surface area contributed by atoms with Crippen LogP contribution in [0, 0.1) is 18.7 Å². The number of nitrogens with one attached hydrogen (secondary N) is 1. The molecule has 0 aliphatic heterocycles. The molecule has 2 rings (SSSR count). The first-order valence-corrected chi connectivity index (χ1v) is 5.79. The fourth-order valence-corrected chi connectivity index (χ4v) is 1.68. The molecular weight excluding hydrogens is 266 g/mol. The van der Waals surface area contributed by atoms with E-state index in [4.69, 9.17) is 4.74 Å². The van der Waals surface area contributed by atoms with E-state index >= 15 is 0 Å². The molecular formula is C14H12F2N2O2. The van der Waals surface area contributed by atoms with Crippen LogP contribution in [0.25, 0.3) is 0 Å². The van der Waals surface area contributed by atoms with Gasteiger partial charge in [-0.05, 0) is 30.7 Å². The lowest BCUT2D eigenvalue weighted by Gasteiger charge is -2.11. The van der Waals surface area contributed by atoms with Gasteiger partial charge in [-0.15, -0.1) is 0 Å². The third-order valence-electron chi connectivity index (χ3n) is 2.70. The summed E-state index contributed by atoms with van der Waals surface area (Å²) in [5.74, 6) is -2.93. The van der Waals surface area contributed by atoms with Gasteiger partial charge in [0.1, 0.15) is 5.75 Å². The van der Waals surface area contributed by atoms with Crippen LogP contribution < -0.4 is 10.1 Å². The second-order valence-corrected chi connectivity index (χ2v) is 4.12. The number of ether oxygens (including phenoxy) is 1. The second kappa shape index (κ2) is 5.64. The molecule has 104 valence electrons. The molecule has 1 amide bonds. The minimum atomic E-state index is -1.31. The Morgan fingerprint density at radius 3 is 2.75 bits per heavy atom. The standard InChI is InChI=1S/C14H12F2N2O2/c1-8-3-4-10(11(7-8)20-2)18-14(19)9-5-6-17-13(16)12(9)15/h3-7H,1-2H3,(H,18,19). The van der Waals surface area contributed by atoms with Gasteiger partial charge >= 0.3 is 0 Å². The summed E-state index contributed by atoms with van der Waals surface area (Å²) in [5, 5.41) is 2.47. The Hall–Kier alpha value is -2.50. The zero-order valence-electron chi connectivity index (χ0n) is 10.9. The van der Waals surface area contributed by atoms with Crippen LogP contribution in [0.5, 0.6) is 5.75 Å². The van der Waals surface area contributed by atoms with Crippen LogP contribution in [-0.2, 0) is 0 Å². The van der Waals surface area contributed by atoms with Crippen LogP contribution in [-0.4, -0.2) is 18.0 Å². The number of halogens is 2. The van der Waals surface area contributed by atoms with Gasteiger partial charge in [-0.2, -0.15) is 4.39 Å². The number of aryl methyl sites for hydroxylation is 1. The molecule has 1 aromatic heterocycles. The number of anilines is 1. The van der Waals surface area contributed by atoms with E-state index in [0.717, 1.165) is 17.8 Å². The second-order valence-electron chi connectivity index (χ2n) is 4.12. The fourth-order valence-electron chi connectivity index (χ4n) is 1.68. The summed E-state index contributed by atoms with van der Waals surface area (Å²) >= 11 is 0. The molecule has 0 bridgehead atoms. The van der Waals surface area contributed by atoms with Gasteiger partial charge in [0.2, 0.25) is 5.95 Å². The Morgan fingerprint density at radius 1 is 1.30 bits per heavy atom. The van der Waals surface area contributed by atoms with Crippen molar-refractivity contribution >= 4 is 11.6 Å². The molecule has 1 heterocycles. The smallest absolute Gasteiger partial charge is 0.258 e. The molecule has 1 aromatic carbocycles. The molecule has 0 aliphatic carbocycles. The Morgan fingerprint density at radius 2 is 2.05 bits per heavy atom. The van der Waals surface area contributed by atoms with Gasteiger partial charge in [0.15, 0.2) is 5.82 Å². The summed E-state index contributed by atoms with van der Waals surface area (Å²) in [4.78, 5) is 15.1. The lowest BCUT2D eigenvalue weighted by atomic mass is 10.2. The van der Waals surface area contributed by atoms with Crippen molar-refractivity contribution in [3.63, 3.8) is 0 Å². The van der Waals surface area contributed by atoms with Crippen LogP contribution in [0.3, 0.4) is 0 Å². The zero-order chi connectivity index (χ0) is 14.7. The largest absolute Gasteiger partial charge is 0.495 e. The Balaban J connectivity index is 2.30. The number of hydrogen-bond donors (Lipinski definition) is 1. The van der Waals surface area contributed by atoms with Crippen molar-refractivity contribution in [2.24, 2.45) is 0 Å². The Bertz CT molecular complexity index is 660. The highest BCUT2D eigenvalue weighted by molar-refractivity contribution is 6.05. The number of hydrogen-bond acceptors (Lipinski definition) is 3. The summed E-state index contributed by atoms with van der Waals surface area (Å²) < 4.78 is 31.6. The fraction of sp³-hybridized carbons (Fsp3) is 0.143. The lowest BCUT2D eigenvalue weighted by Crippen LogP contribution is -2.15. The average Bonchev–Trinajstić information content (AvgIpc) is 2.43. The van der Waals surface area contributed by atoms with Crippen LogP contribution in [0.1, 0.15) is 15.9 Å². The van der Waals surface area contributed by atoms with E-state index in [1.54, 1.807) is 18.2 Å². The van der Waals surface area contributed by atoms with Gasteiger partial charge in [-0.3, -0.25) is 4.79 Å². The van der Waals surface area contributed by atoms with Crippen molar-refractivity contribution in [2.75, 3.05) is 12.4 Å². The zero-order valence-corrected chi connectivity index (χ0v) is 10.9. The van der Waals surface area contributed by atoms with E-state index in [0.29, 0.717) is 11.4 Å². The predicted octanol–water partition coefficient (Wildman–Crippen LogP) is 2.93. The number of nitrogens with zero attached hydrogens (tertiary/aromatic N) is 1. The summed E-state index contributed by atoms with van der Waals surface area (Å²) in [6, 6.07) is 6.22. The van der Waals surface area contributed by atoms with E-state index in [1.807, 2.05) is 6.92 Å². The van der Waals surface area contributed by atoms with E-state index in [1.165, 1.54) is 7.11 Å². The van der Waals surface area contributed by atoms with E-state index in [-0.39, 0.29) is 0 Å². The molecule has 1 N–H and O–H groups in total. The van der Waals surface area contributed by atoms with Gasteiger partial charge in [-0.1, -0.05) is 6.07 Å². The number of methoxy groups -OCH3 is 1. The predicted molar refractivity (Wildman–Crippen MR) is 69.8 cm³/mol. The monoisotopic (exact) mass is 278 g/mol. The normalized spacial score (nSPS) is 10.2. The molecule has 20 heavy (non-hydrogen) atoms. The molecule has 6 heteroatoms. The van der Waals surface area contributed by atoms with Crippen LogP contribution in [0.15, 0.2) is 30.5 Å². The van der Waals surface area contributed by atoms with E-state index in [2.05, 4.69) is 10.3 Å². The van der Waals surface area contributed by atoms with Gasteiger partial charge in [0, 0.05) is 6.20 Å². The van der Waals surface area contributed by atoms with Crippen LogP contribution in [0.2, 0.25) is 0 Å². The van der Waals surface area contributed by atoms with Crippen molar-refractivity contribution < 1.29 is 18.3 Å². The number of pyridine rings is 1. The van der Waals surface area contributed by atoms with Gasteiger partial charge in [-0.25, -0.2) is 9.37 Å². The van der Waals surface area contributed by atoms with E-state index < -0.39 is 23.2 Å². The first-order valence-electron chi connectivity index (χ1n) is 5.79. The van der Waals surface area contributed by atoms with Crippen molar-refractivity contribution in [3.8, 4) is 5.75 Å². The highest BCUT2D eigenvalue weighted by Crippen LogP contribution is 2.26. The van der Waals surface area contributed by atoms with Gasteiger partial charge < -0.3 is 10.1 Å². The van der Waals surface area contributed by atoms with Crippen LogP contribution in [0.4, 0.5) is 14.5 Å². The number of carbonyl (C=O) groups is 1. The Labute approximate surface area is 114 Å². The SMILES string of the molecule is COc1cc(C)ccc1NC(=O)c1ccnc(F)c1F. The maximum Gasteiger partial charge on any atom is 0.258 e. The summed E-state index contributed by atoms with van der Waals surface area (Å²) in [6.07, 6.45) is 1.03. The quantitative estimate of drug-likeness (QED) is 0.878. The number of aromatic nitrogens is 1. The third-order valence-corrected chi connectivity index (χ3v) is 2.70. The summed E-state index contributed by atoms with van der Waals surface area (Å²) in [7, 11) is 1.46. The first kappa shape index (κ1) is 13.9. The van der Waals surface area contributed by atoms with E-state index in [9.17, 15) is 13.6 Å². The molecule has 0 saturated carbocycles. The molecule has 2 aromatic rings. The third kappa shape index (κ3) is 2.74. The van der Waals surface area contributed by atoms with Gasteiger partial charge in [0.05, 0.1) is 18.4 Å². The maximum absolute atomic E-state index is 13.5. The lowest BCUT2D eigenvalue weighted by molar-refractivity contribution is 0.102. The molecule has 0 aliphatic rings. The maximum atomic E-state index is 13.5. The first-order chi connectivity index (χ1) is 9.52. The molecule has 0 atom stereocenters. The highest BCUT2D eigenvalue weighted by atomic mass is 19.2. The Kier molecular flexibility index (Phi) is 3.93. The number of rotatable bonds is 3. The number of amides is 1. The highest BCUT2D eigenvalue weighted by Gasteiger charge is 2.17. The molecule has 0 saturated heterocycles. The molecule has 4 nitrogen and oxygen atoms in total. The molecule has 0 unspecified atom stereocenters. The molecule has 0 fully saturated rings. The number of carbonyl (C=O) groups excluding carboxylic acids is 1. The van der Waals surface area contributed by atoms with Gasteiger partial charge in [0.25, 0.3) is 5.91 Å². The molecule has 0 radical (unpaired) electrons.